The third kappa shape index (κ3) is 3.84. The minimum atomic E-state index is -2.74. The first kappa shape index (κ1) is 20.2. The van der Waals surface area contributed by atoms with E-state index < -0.39 is 22.4 Å². The number of amides is 1. The van der Waals surface area contributed by atoms with E-state index in [-0.39, 0.29) is 12.0 Å². The van der Waals surface area contributed by atoms with Gasteiger partial charge in [-0.2, -0.15) is 13.4 Å². The Bertz CT molecular complexity index is 1140. The molecule has 0 saturated heterocycles. The smallest absolute Gasteiger partial charge is 0.319 e. The zero-order chi connectivity index (χ0) is 21.6. The van der Waals surface area contributed by atoms with Crippen LogP contribution in [0.25, 0.3) is 11.3 Å². The summed E-state index contributed by atoms with van der Waals surface area (Å²) < 4.78 is 26.6. The van der Waals surface area contributed by atoms with Crippen LogP contribution in [-0.2, 0) is 27.3 Å². The highest BCUT2D eigenvalue weighted by Crippen LogP contribution is 2.61. The number of hydrogen-bond acceptors (Lipinski definition) is 3. The molecule has 2 N–H and O–H groups in total. The Hall–Kier alpha value is -2.74. The molecule has 4 aliphatic carbocycles. The normalized spacial score (nSPS) is 29.2. The van der Waals surface area contributed by atoms with Gasteiger partial charge in [0.15, 0.2) is 0 Å². The highest BCUT2D eigenvalue weighted by molar-refractivity contribution is 7.62. The average molecular weight is 439 g/mol. The van der Waals surface area contributed by atoms with Crippen LogP contribution in [0.3, 0.4) is 0 Å². The molecule has 1 aromatic carbocycles. The van der Waals surface area contributed by atoms with Crippen molar-refractivity contribution in [2.24, 2.45) is 32.8 Å². The highest BCUT2D eigenvalue weighted by atomic mass is 32.2. The number of carbonyl (C=O) groups excluding carboxylic acids is 1. The van der Waals surface area contributed by atoms with Crippen LogP contribution >= 0.6 is 0 Å². The summed E-state index contributed by atoms with van der Waals surface area (Å²) in [5.41, 5.74) is 8.82. The summed E-state index contributed by atoms with van der Waals surface area (Å²) in [7, 11) is -2.74. The zero-order valence-electron chi connectivity index (χ0n) is 17.3. The molecule has 4 fully saturated rings. The predicted octanol–water partition coefficient (Wildman–Crippen LogP) is 3.53. The molecule has 0 atom stereocenters. The van der Waals surface area contributed by atoms with E-state index in [0.717, 1.165) is 29.0 Å². The van der Waals surface area contributed by atoms with Crippen molar-refractivity contribution >= 4 is 22.4 Å². The van der Waals surface area contributed by atoms with Gasteiger partial charge in [0, 0.05) is 16.8 Å². The van der Waals surface area contributed by atoms with E-state index >= 15 is 0 Å². The van der Waals surface area contributed by atoms with E-state index in [4.69, 9.17) is 5.73 Å². The van der Waals surface area contributed by atoms with Crippen LogP contribution < -0.4 is 5.73 Å². The van der Waals surface area contributed by atoms with Crippen molar-refractivity contribution in [3.8, 4) is 11.3 Å². The van der Waals surface area contributed by atoms with Gasteiger partial charge in [-0.15, -0.1) is 0 Å². The Labute approximate surface area is 183 Å². The Balaban J connectivity index is 1.56. The number of guanidine groups is 1. The summed E-state index contributed by atoms with van der Waals surface area (Å²) in [6.07, 6.45) is 7.58. The number of nitrogens with zero attached hydrogens (tertiary/aromatic N) is 3. The molecular formula is C23H26N4O3S. The number of aliphatic imine (C=N–C) groups is 1. The Kier molecular flexibility index (Phi) is 5.04. The van der Waals surface area contributed by atoms with Gasteiger partial charge in [0.1, 0.15) is 6.54 Å². The van der Waals surface area contributed by atoms with Gasteiger partial charge in [-0.3, -0.25) is 4.79 Å². The summed E-state index contributed by atoms with van der Waals surface area (Å²) in [5, 5.41) is 0. The predicted molar refractivity (Wildman–Crippen MR) is 118 cm³/mol. The summed E-state index contributed by atoms with van der Waals surface area (Å²) in [4.78, 5) is 16.4. The second-order valence-electron chi connectivity index (χ2n) is 9.43. The summed E-state index contributed by atoms with van der Waals surface area (Å²) in [6.45, 7) is 0.00994. The lowest BCUT2D eigenvalue weighted by molar-refractivity contribution is -0.118. The first-order valence-electron chi connectivity index (χ1n) is 10.9. The number of aromatic nitrogens is 1. The van der Waals surface area contributed by atoms with E-state index in [1.54, 1.807) is 0 Å². The zero-order valence-corrected chi connectivity index (χ0v) is 18.1. The minimum absolute atomic E-state index is 0.00994. The van der Waals surface area contributed by atoms with Crippen molar-refractivity contribution < 1.29 is 13.2 Å². The molecule has 1 heterocycles. The lowest BCUT2D eigenvalue weighted by Crippen LogP contribution is -2.49. The number of carbonyl (C=O) groups is 1. The fraction of sp³-hybridized carbons (Fsp3) is 0.478. The molecule has 0 radical (unpaired) electrons. The van der Waals surface area contributed by atoms with Crippen LogP contribution in [0.15, 0.2) is 51.8 Å². The average Bonchev–Trinajstić information content (AvgIpc) is 3.11. The summed E-state index contributed by atoms with van der Waals surface area (Å²) in [5.74, 6) is 1.30. The van der Waals surface area contributed by atoms with Gasteiger partial charge >= 0.3 is 10.5 Å². The molecule has 4 saturated carbocycles. The molecule has 7 nitrogen and oxygen atoms in total. The van der Waals surface area contributed by atoms with Crippen LogP contribution in [0.4, 0.5) is 0 Å². The number of nitrogens with two attached hydrogens (primary N) is 1. The monoisotopic (exact) mass is 438 g/mol. The molecule has 2 aromatic rings. The lowest BCUT2D eigenvalue weighted by Gasteiger charge is -2.57. The van der Waals surface area contributed by atoms with Crippen molar-refractivity contribution in [3.05, 3.63) is 48.2 Å². The topological polar surface area (TPSA) is 107 Å². The Morgan fingerprint density at radius 3 is 2.19 bits per heavy atom. The SMILES string of the molecule is NC(=NC(=O)Cn1c(-c2ccccc2)ccc1C12CC3CC(CC(C3)C1)C2)N=S(=O)=O. The summed E-state index contributed by atoms with van der Waals surface area (Å²) >= 11 is 0. The summed E-state index contributed by atoms with van der Waals surface area (Å²) in [6, 6.07) is 14.3. The maximum absolute atomic E-state index is 12.7. The molecule has 0 aliphatic heterocycles. The van der Waals surface area contributed by atoms with Gasteiger partial charge in [-0.25, -0.2) is 0 Å². The van der Waals surface area contributed by atoms with Gasteiger partial charge < -0.3 is 10.3 Å². The van der Waals surface area contributed by atoms with Crippen molar-refractivity contribution in [2.45, 2.75) is 50.5 Å². The van der Waals surface area contributed by atoms with Crippen molar-refractivity contribution in [1.82, 2.24) is 4.57 Å². The molecule has 8 heteroatoms. The van der Waals surface area contributed by atoms with Crippen LogP contribution in [0.1, 0.15) is 44.2 Å². The van der Waals surface area contributed by atoms with E-state index in [9.17, 15) is 13.2 Å². The third-order valence-corrected chi connectivity index (χ3v) is 7.67. The second kappa shape index (κ2) is 7.75. The number of rotatable bonds is 4. The van der Waals surface area contributed by atoms with Gasteiger partial charge in [0.25, 0.3) is 5.91 Å². The molecule has 0 spiro atoms. The fourth-order valence-electron chi connectivity index (χ4n) is 6.78. The Morgan fingerprint density at radius 1 is 1.00 bits per heavy atom. The van der Waals surface area contributed by atoms with Gasteiger partial charge in [-0.1, -0.05) is 34.7 Å². The molecule has 1 amide bonds. The first-order valence-corrected chi connectivity index (χ1v) is 11.9. The van der Waals surface area contributed by atoms with E-state index in [0.29, 0.717) is 0 Å². The van der Waals surface area contributed by atoms with E-state index in [1.165, 1.54) is 44.2 Å². The quantitative estimate of drug-likeness (QED) is 0.582. The minimum Gasteiger partial charge on any atom is -0.367 e. The maximum atomic E-state index is 12.7. The van der Waals surface area contributed by atoms with Crippen LogP contribution in [0, 0.1) is 17.8 Å². The second-order valence-corrected chi connectivity index (χ2v) is 10.0. The van der Waals surface area contributed by atoms with Gasteiger partial charge in [0.05, 0.1) is 0 Å². The Morgan fingerprint density at radius 2 is 1.61 bits per heavy atom. The van der Waals surface area contributed by atoms with Crippen LogP contribution in [-0.4, -0.2) is 24.9 Å². The van der Waals surface area contributed by atoms with Crippen molar-refractivity contribution in [1.29, 1.82) is 0 Å². The number of hydrogen-bond donors (Lipinski definition) is 1. The molecule has 1 aromatic heterocycles. The van der Waals surface area contributed by atoms with Crippen molar-refractivity contribution in [2.75, 3.05) is 0 Å². The standard InChI is InChI=1S/C23H26N4O3S/c24-22(26-31(29)30)25-21(28)14-27-19(18-4-2-1-3-5-18)6-7-20(27)23-11-15-8-16(12-23)10-17(9-15)13-23/h1-7,15-17H,8-14H2,(H2,24,25,28). The van der Waals surface area contributed by atoms with E-state index in [2.05, 4.69) is 26.1 Å². The molecule has 4 bridgehead atoms. The molecule has 31 heavy (non-hydrogen) atoms. The first-order chi connectivity index (χ1) is 14.9. The van der Waals surface area contributed by atoms with Gasteiger partial charge in [0.2, 0.25) is 5.96 Å². The molecule has 4 aliphatic rings. The molecule has 162 valence electrons. The fourth-order valence-corrected chi connectivity index (χ4v) is 6.98. The number of benzene rings is 1. The molecule has 0 unspecified atom stereocenters. The maximum Gasteiger partial charge on any atom is 0.319 e. The van der Waals surface area contributed by atoms with E-state index in [1.807, 2.05) is 30.3 Å². The third-order valence-electron chi connectivity index (χ3n) is 7.33. The van der Waals surface area contributed by atoms with Crippen molar-refractivity contribution in [3.63, 3.8) is 0 Å². The van der Waals surface area contributed by atoms with Crippen LogP contribution in [0.5, 0.6) is 0 Å². The van der Waals surface area contributed by atoms with Crippen LogP contribution in [0.2, 0.25) is 0 Å². The molecule has 6 rings (SSSR count). The molecular weight excluding hydrogens is 412 g/mol. The highest BCUT2D eigenvalue weighted by Gasteiger charge is 2.52. The largest absolute Gasteiger partial charge is 0.367 e. The lowest BCUT2D eigenvalue weighted by atomic mass is 9.49. The van der Waals surface area contributed by atoms with Gasteiger partial charge in [-0.05, 0) is 74.0 Å².